The van der Waals surface area contributed by atoms with Crippen LogP contribution in [0.4, 0.5) is 0 Å². The minimum atomic E-state index is -3.39. The zero-order valence-electron chi connectivity index (χ0n) is 10.2. The first kappa shape index (κ1) is 14.9. The highest BCUT2D eigenvalue weighted by molar-refractivity contribution is 7.89. The second kappa shape index (κ2) is 5.66. The molecule has 1 amide bonds. The standard InChI is InChI=1S/C10H18N2O5S/c1-2-12-18(16,17)7-6-11-8(13)10(9(14)15)4-3-5-10/h12H,2-7H2,1H3,(H,11,13)(H,14,15). The lowest BCUT2D eigenvalue weighted by atomic mass is 9.68. The summed E-state index contributed by atoms with van der Waals surface area (Å²) in [5.74, 6) is -1.98. The number of carbonyl (C=O) groups is 2. The predicted octanol–water partition coefficient (Wildman–Crippen LogP) is -0.703. The van der Waals surface area contributed by atoms with Gasteiger partial charge in [-0.1, -0.05) is 13.3 Å². The monoisotopic (exact) mass is 278 g/mol. The molecular weight excluding hydrogens is 260 g/mol. The van der Waals surface area contributed by atoms with Crippen molar-refractivity contribution in [2.45, 2.75) is 26.2 Å². The predicted molar refractivity (Wildman–Crippen MR) is 64.4 cm³/mol. The van der Waals surface area contributed by atoms with E-state index in [0.29, 0.717) is 19.3 Å². The molecule has 0 atom stereocenters. The van der Waals surface area contributed by atoms with Gasteiger partial charge in [-0.2, -0.15) is 0 Å². The Morgan fingerprint density at radius 3 is 2.33 bits per heavy atom. The van der Waals surface area contributed by atoms with Gasteiger partial charge in [-0.25, -0.2) is 13.1 Å². The Labute approximate surface area is 106 Å². The molecule has 0 aromatic rings. The van der Waals surface area contributed by atoms with Crippen LogP contribution in [0.2, 0.25) is 0 Å². The second-order valence-electron chi connectivity index (χ2n) is 4.31. The summed E-state index contributed by atoms with van der Waals surface area (Å²) in [4.78, 5) is 22.7. The van der Waals surface area contributed by atoms with Gasteiger partial charge in [-0.3, -0.25) is 9.59 Å². The molecule has 0 spiro atoms. The lowest BCUT2D eigenvalue weighted by Gasteiger charge is -2.35. The Morgan fingerprint density at radius 2 is 1.94 bits per heavy atom. The van der Waals surface area contributed by atoms with Crippen LogP contribution in [0, 0.1) is 5.41 Å². The average Bonchev–Trinajstić information content (AvgIpc) is 2.14. The molecule has 1 aliphatic rings. The minimum absolute atomic E-state index is 0.0802. The third-order valence-electron chi connectivity index (χ3n) is 3.07. The molecule has 0 aromatic carbocycles. The summed E-state index contributed by atoms with van der Waals surface area (Å²) in [6.45, 7) is 1.86. The number of carbonyl (C=O) groups excluding carboxylic acids is 1. The first-order valence-corrected chi connectivity index (χ1v) is 7.48. The average molecular weight is 278 g/mol. The largest absolute Gasteiger partial charge is 0.480 e. The van der Waals surface area contributed by atoms with E-state index in [9.17, 15) is 18.0 Å². The Kier molecular flexibility index (Phi) is 4.69. The van der Waals surface area contributed by atoms with Crippen LogP contribution in [0.25, 0.3) is 0 Å². The Balaban J connectivity index is 2.45. The quantitative estimate of drug-likeness (QED) is 0.533. The molecule has 0 unspecified atom stereocenters. The number of carboxylic acids is 1. The van der Waals surface area contributed by atoms with Gasteiger partial charge in [0.15, 0.2) is 0 Å². The zero-order chi connectivity index (χ0) is 13.8. The van der Waals surface area contributed by atoms with E-state index in [1.165, 1.54) is 0 Å². The normalized spacial score (nSPS) is 17.8. The van der Waals surface area contributed by atoms with Crippen LogP contribution in [-0.2, 0) is 19.6 Å². The fourth-order valence-electron chi connectivity index (χ4n) is 1.83. The number of aliphatic carboxylic acids is 1. The first-order valence-electron chi connectivity index (χ1n) is 5.83. The Hall–Kier alpha value is -1.15. The molecule has 18 heavy (non-hydrogen) atoms. The summed E-state index contributed by atoms with van der Waals surface area (Å²) < 4.78 is 24.9. The molecular formula is C10H18N2O5S. The summed E-state index contributed by atoms with van der Waals surface area (Å²) in [7, 11) is -3.39. The number of nitrogens with one attached hydrogen (secondary N) is 2. The van der Waals surface area contributed by atoms with Gasteiger partial charge in [0.1, 0.15) is 5.41 Å². The van der Waals surface area contributed by atoms with E-state index in [-0.39, 0.29) is 18.8 Å². The van der Waals surface area contributed by atoms with E-state index in [2.05, 4.69) is 10.0 Å². The van der Waals surface area contributed by atoms with Gasteiger partial charge in [0.05, 0.1) is 5.75 Å². The lowest BCUT2D eigenvalue weighted by Crippen LogP contribution is -2.52. The van der Waals surface area contributed by atoms with Crippen molar-refractivity contribution in [1.82, 2.24) is 10.0 Å². The molecule has 1 rings (SSSR count). The highest BCUT2D eigenvalue weighted by atomic mass is 32.2. The van der Waals surface area contributed by atoms with E-state index < -0.39 is 27.3 Å². The molecule has 8 heteroatoms. The molecule has 0 heterocycles. The van der Waals surface area contributed by atoms with Gasteiger partial charge < -0.3 is 10.4 Å². The van der Waals surface area contributed by atoms with Gasteiger partial charge in [0, 0.05) is 13.1 Å². The van der Waals surface area contributed by atoms with Crippen LogP contribution >= 0.6 is 0 Å². The van der Waals surface area contributed by atoms with Crippen LogP contribution in [0.15, 0.2) is 0 Å². The summed E-state index contributed by atoms with van der Waals surface area (Å²) in [5, 5.41) is 11.4. The van der Waals surface area contributed by atoms with Crippen molar-refractivity contribution in [2.75, 3.05) is 18.8 Å². The van der Waals surface area contributed by atoms with Gasteiger partial charge in [-0.15, -0.1) is 0 Å². The summed E-state index contributed by atoms with van der Waals surface area (Å²) in [6.07, 6.45) is 1.33. The molecule has 0 bridgehead atoms. The van der Waals surface area contributed by atoms with E-state index in [4.69, 9.17) is 5.11 Å². The van der Waals surface area contributed by atoms with Crippen LogP contribution in [-0.4, -0.2) is 44.2 Å². The van der Waals surface area contributed by atoms with Crippen molar-refractivity contribution in [2.24, 2.45) is 5.41 Å². The molecule has 0 aromatic heterocycles. The SMILES string of the molecule is CCNS(=O)(=O)CCNC(=O)C1(C(=O)O)CCC1. The number of hydrogen-bond donors (Lipinski definition) is 3. The molecule has 1 fully saturated rings. The van der Waals surface area contributed by atoms with Crippen molar-refractivity contribution >= 4 is 21.9 Å². The van der Waals surface area contributed by atoms with Crippen LogP contribution in [0.1, 0.15) is 26.2 Å². The minimum Gasteiger partial charge on any atom is -0.480 e. The zero-order valence-corrected chi connectivity index (χ0v) is 11.0. The highest BCUT2D eigenvalue weighted by Gasteiger charge is 2.51. The fourth-order valence-corrected chi connectivity index (χ4v) is 2.78. The van der Waals surface area contributed by atoms with Crippen molar-refractivity contribution in [3.05, 3.63) is 0 Å². The molecule has 0 aliphatic heterocycles. The maximum Gasteiger partial charge on any atom is 0.319 e. The van der Waals surface area contributed by atoms with Crippen LogP contribution in [0.5, 0.6) is 0 Å². The van der Waals surface area contributed by atoms with E-state index in [1.54, 1.807) is 6.92 Å². The number of sulfonamides is 1. The maximum absolute atomic E-state index is 11.7. The molecule has 3 N–H and O–H groups in total. The molecule has 104 valence electrons. The van der Waals surface area contributed by atoms with Gasteiger partial charge in [0.25, 0.3) is 0 Å². The fraction of sp³-hybridized carbons (Fsp3) is 0.800. The smallest absolute Gasteiger partial charge is 0.319 e. The molecule has 7 nitrogen and oxygen atoms in total. The molecule has 1 saturated carbocycles. The van der Waals surface area contributed by atoms with Crippen LogP contribution in [0.3, 0.4) is 0 Å². The van der Waals surface area contributed by atoms with Crippen molar-refractivity contribution in [3.8, 4) is 0 Å². The van der Waals surface area contributed by atoms with Gasteiger partial charge in [0.2, 0.25) is 15.9 Å². The van der Waals surface area contributed by atoms with E-state index in [0.717, 1.165) is 0 Å². The van der Waals surface area contributed by atoms with Crippen molar-refractivity contribution in [1.29, 1.82) is 0 Å². The van der Waals surface area contributed by atoms with Crippen LogP contribution < -0.4 is 10.0 Å². The maximum atomic E-state index is 11.7. The summed E-state index contributed by atoms with van der Waals surface area (Å²) in [6, 6.07) is 0. The molecule has 1 aliphatic carbocycles. The first-order chi connectivity index (χ1) is 8.34. The van der Waals surface area contributed by atoms with Crippen molar-refractivity contribution in [3.63, 3.8) is 0 Å². The summed E-state index contributed by atoms with van der Waals surface area (Å²) in [5.41, 5.74) is -1.35. The van der Waals surface area contributed by atoms with Crippen molar-refractivity contribution < 1.29 is 23.1 Å². The molecule has 0 saturated heterocycles. The van der Waals surface area contributed by atoms with Gasteiger partial charge in [-0.05, 0) is 12.8 Å². The lowest BCUT2D eigenvalue weighted by molar-refractivity contribution is -0.162. The number of amides is 1. The second-order valence-corrected chi connectivity index (χ2v) is 6.24. The topological polar surface area (TPSA) is 113 Å². The number of rotatable bonds is 7. The summed E-state index contributed by atoms with van der Waals surface area (Å²) >= 11 is 0. The van der Waals surface area contributed by atoms with Gasteiger partial charge >= 0.3 is 5.97 Å². The van der Waals surface area contributed by atoms with E-state index in [1.807, 2.05) is 0 Å². The number of hydrogen-bond acceptors (Lipinski definition) is 4. The third-order valence-corrected chi connectivity index (χ3v) is 4.54. The number of carboxylic acid groups (broad SMARTS) is 1. The van der Waals surface area contributed by atoms with E-state index >= 15 is 0 Å². The third kappa shape index (κ3) is 3.20. The Bertz CT molecular complexity index is 428. The highest BCUT2D eigenvalue weighted by Crippen LogP contribution is 2.41. The Morgan fingerprint density at radius 1 is 1.33 bits per heavy atom. The molecule has 0 radical (unpaired) electrons.